The maximum atomic E-state index is 12.8. The van der Waals surface area contributed by atoms with Crippen molar-refractivity contribution in [1.29, 1.82) is 0 Å². The van der Waals surface area contributed by atoms with E-state index in [1.807, 2.05) is 49.6 Å². The number of carbonyl (C=O) groups is 1. The number of amides is 1. The molecule has 0 saturated heterocycles. The zero-order valence-electron chi connectivity index (χ0n) is 16.1. The molecule has 0 spiro atoms. The molecule has 8 heteroatoms. The number of aromatic nitrogens is 3. The van der Waals surface area contributed by atoms with Crippen LogP contribution in [0.25, 0.3) is 10.2 Å². The lowest BCUT2D eigenvalue weighted by molar-refractivity contribution is -0.121. The third kappa shape index (κ3) is 3.99. The molecule has 0 radical (unpaired) electrons. The summed E-state index contributed by atoms with van der Waals surface area (Å²) in [4.78, 5) is 36.1. The fourth-order valence-corrected chi connectivity index (χ4v) is 4.90. The Hall–Kier alpha value is -2.84. The van der Waals surface area contributed by atoms with Crippen LogP contribution in [0.3, 0.4) is 0 Å². The number of hydrogen-bond donors (Lipinski definition) is 1. The van der Waals surface area contributed by atoms with Crippen molar-refractivity contribution in [2.24, 2.45) is 0 Å². The number of thiophene rings is 1. The highest BCUT2D eigenvalue weighted by atomic mass is 32.1. The van der Waals surface area contributed by atoms with Crippen LogP contribution in [0.2, 0.25) is 0 Å². The Balaban J connectivity index is 1.51. The first-order valence-electron chi connectivity index (χ1n) is 9.23. The van der Waals surface area contributed by atoms with Gasteiger partial charge in [-0.1, -0.05) is 30.3 Å². The van der Waals surface area contributed by atoms with Crippen LogP contribution in [0.4, 0.5) is 0 Å². The highest BCUT2D eigenvalue weighted by Gasteiger charge is 2.19. The molecular formula is C21H20N4O2S2. The summed E-state index contributed by atoms with van der Waals surface area (Å²) in [5.41, 5.74) is 1.85. The molecule has 1 N–H and O–H groups in total. The summed E-state index contributed by atoms with van der Waals surface area (Å²) >= 11 is 3.02. The summed E-state index contributed by atoms with van der Waals surface area (Å²) in [6.45, 7) is 4.20. The molecule has 0 bridgehead atoms. The van der Waals surface area contributed by atoms with Crippen molar-refractivity contribution in [1.82, 2.24) is 19.9 Å². The van der Waals surface area contributed by atoms with Gasteiger partial charge in [0.05, 0.1) is 11.7 Å². The zero-order valence-corrected chi connectivity index (χ0v) is 17.7. The molecule has 1 amide bonds. The third-order valence-electron chi connectivity index (χ3n) is 4.87. The number of rotatable bonds is 6. The van der Waals surface area contributed by atoms with E-state index in [9.17, 15) is 9.59 Å². The molecular weight excluding hydrogens is 404 g/mol. The standard InChI is InChI=1S/C21H20N4O2S2/c1-13-14(2)29-19-17(13)21(27)25(12-23-19)10-8-16(26)24-18(20-22-9-11-28-20)15-6-4-3-5-7-15/h3-7,9,11-12,18H,8,10H2,1-2H3,(H,24,26). The molecule has 0 aliphatic heterocycles. The van der Waals surface area contributed by atoms with Crippen molar-refractivity contribution < 1.29 is 4.79 Å². The summed E-state index contributed by atoms with van der Waals surface area (Å²) in [7, 11) is 0. The Labute approximate surface area is 175 Å². The Bertz CT molecular complexity index is 1200. The normalized spacial score (nSPS) is 12.2. The number of fused-ring (bicyclic) bond motifs is 1. The van der Waals surface area contributed by atoms with Gasteiger partial charge in [0.15, 0.2) is 0 Å². The molecule has 29 heavy (non-hydrogen) atoms. The van der Waals surface area contributed by atoms with Crippen LogP contribution in [-0.4, -0.2) is 20.4 Å². The number of nitrogens with zero attached hydrogens (tertiary/aromatic N) is 3. The van der Waals surface area contributed by atoms with Crippen molar-refractivity contribution in [3.05, 3.63) is 79.6 Å². The SMILES string of the molecule is Cc1sc2ncn(CCC(=O)NC(c3ccccc3)c3nccs3)c(=O)c2c1C. The van der Waals surface area contributed by atoms with Crippen molar-refractivity contribution >= 4 is 38.8 Å². The Morgan fingerprint density at radius 3 is 2.72 bits per heavy atom. The number of thiazole rings is 1. The van der Waals surface area contributed by atoms with Gasteiger partial charge >= 0.3 is 0 Å². The Kier molecular flexibility index (Phi) is 5.55. The fraction of sp³-hybridized carbons (Fsp3) is 0.238. The van der Waals surface area contributed by atoms with E-state index >= 15 is 0 Å². The lowest BCUT2D eigenvalue weighted by Gasteiger charge is -2.17. The average Bonchev–Trinajstić information content (AvgIpc) is 3.35. The molecule has 1 aromatic carbocycles. The summed E-state index contributed by atoms with van der Waals surface area (Å²) in [6, 6.07) is 9.45. The molecule has 0 fully saturated rings. The topological polar surface area (TPSA) is 76.9 Å². The van der Waals surface area contributed by atoms with Gasteiger partial charge in [-0.3, -0.25) is 14.2 Å². The van der Waals surface area contributed by atoms with Crippen LogP contribution in [0, 0.1) is 13.8 Å². The lowest BCUT2D eigenvalue weighted by atomic mass is 10.1. The summed E-state index contributed by atoms with van der Waals surface area (Å²) in [6.07, 6.45) is 3.44. The first-order valence-corrected chi connectivity index (χ1v) is 10.9. The van der Waals surface area contributed by atoms with E-state index in [0.29, 0.717) is 5.39 Å². The van der Waals surface area contributed by atoms with Gasteiger partial charge in [0.1, 0.15) is 15.9 Å². The van der Waals surface area contributed by atoms with Gasteiger partial charge in [-0.15, -0.1) is 22.7 Å². The van der Waals surface area contributed by atoms with Crippen LogP contribution < -0.4 is 10.9 Å². The summed E-state index contributed by atoms with van der Waals surface area (Å²) in [5.74, 6) is -0.140. The van der Waals surface area contributed by atoms with Gasteiger partial charge in [0.25, 0.3) is 5.56 Å². The maximum absolute atomic E-state index is 12.8. The van der Waals surface area contributed by atoms with Crippen LogP contribution in [0.15, 0.2) is 53.0 Å². The van der Waals surface area contributed by atoms with Crippen molar-refractivity contribution in [3.63, 3.8) is 0 Å². The molecule has 3 heterocycles. The minimum atomic E-state index is -0.303. The molecule has 6 nitrogen and oxygen atoms in total. The monoisotopic (exact) mass is 424 g/mol. The first kappa shape index (κ1) is 19.5. The first-order chi connectivity index (χ1) is 14.0. The molecule has 0 aliphatic carbocycles. The molecule has 0 saturated carbocycles. The largest absolute Gasteiger partial charge is 0.343 e. The van der Waals surface area contributed by atoms with Gasteiger partial charge in [0, 0.05) is 29.4 Å². The van der Waals surface area contributed by atoms with Crippen molar-refractivity contribution in [2.75, 3.05) is 0 Å². The van der Waals surface area contributed by atoms with E-state index in [4.69, 9.17) is 0 Å². The predicted octanol–water partition coefficient (Wildman–Crippen LogP) is 3.83. The second kappa shape index (κ2) is 8.26. The molecule has 1 unspecified atom stereocenters. The molecule has 148 valence electrons. The summed E-state index contributed by atoms with van der Waals surface area (Å²) in [5, 5.41) is 6.43. The Morgan fingerprint density at radius 1 is 1.21 bits per heavy atom. The number of benzene rings is 1. The minimum Gasteiger partial charge on any atom is -0.343 e. The van der Waals surface area contributed by atoms with Gasteiger partial charge in [0.2, 0.25) is 5.91 Å². The van der Waals surface area contributed by atoms with Crippen LogP contribution >= 0.6 is 22.7 Å². The predicted molar refractivity (Wildman–Crippen MR) is 117 cm³/mol. The van der Waals surface area contributed by atoms with E-state index in [-0.39, 0.29) is 30.5 Å². The number of hydrogen-bond acceptors (Lipinski definition) is 6. The van der Waals surface area contributed by atoms with E-state index < -0.39 is 0 Å². The lowest BCUT2D eigenvalue weighted by Crippen LogP contribution is -2.31. The third-order valence-corrected chi connectivity index (χ3v) is 6.83. The second-order valence-corrected chi connectivity index (χ2v) is 8.87. The van der Waals surface area contributed by atoms with Gasteiger partial charge in [-0.25, -0.2) is 9.97 Å². The minimum absolute atomic E-state index is 0.0933. The van der Waals surface area contributed by atoms with Gasteiger partial charge < -0.3 is 5.32 Å². The van der Waals surface area contributed by atoms with Crippen molar-refractivity contribution in [2.45, 2.75) is 32.9 Å². The highest BCUT2D eigenvalue weighted by Crippen LogP contribution is 2.26. The van der Waals surface area contributed by atoms with E-state index in [1.165, 1.54) is 33.6 Å². The molecule has 0 aliphatic rings. The van der Waals surface area contributed by atoms with Gasteiger partial charge in [-0.05, 0) is 25.0 Å². The number of aryl methyl sites for hydroxylation is 3. The average molecular weight is 425 g/mol. The van der Waals surface area contributed by atoms with Gasteiger partial charge in [-0.2, -0.15) is 0 Å². The van der Waals surface area contributed by atoms with E-state index in [0.717, 1.165) is 25.8 Å². The number of nitrogens with one attached hydrogen (secondary N) is 1. The van der Waals surface area contributed by atoms with Crippen molar-refractivity contribution in [3.8, 4) is 0 Å². The Morgan fingerprint density at radius 2 is 2.00 bits per heavy atom. The quantitative estimate of drug-likeness (QED) is 0.510. The molecule has 4 rings (SSSR count). The maximum Gasteiger partial charge on any atom is 0.262 e. The van der Waals surface area contributed by atoms with E-state index in [1.54, 1.807) is 6.20 Å². The fourth-order valence-electron chi connectivity index (χ4n) is 3.19. The smallest absolute Gasteiger partial charge is 0.262 e. The highest BCUT2D eigenvalue weighted by molar-refractivity contribution is 7.18. The number of carbonyl (C=O) groups excluding carboxylic acids is 1. The van der Waals surface area contributed by atoms with Crippen LogP contribution in [0.5, 0.6) is 0 Å². The molecule has 1 atom stereocenters. The van der Waals surface area contributed by atoms with E-state index in [2.05, 4.69) is 15.3 Å². The van der Waals surface area contributed by atoms with Crippen LogP contribution in [0.1, 0.15) is 33.5 Å². The molecule has 3 aromatic heterocycles. The summed E-state index contributed by atoms with van der Waals surface area (Å²) < 4.78 is 1.52. The zero-order chi connectivity index (χ0) is 20.4. The van der Waals surface area contributed by atoms with Crippen LogP contribution in [-0.2, 0) is 11.3 Å². The second-order valence-electron chi connectivity index (χ2n) is 6.74. The molecule has 4 aromatic rings.